The predicted molar refractivity (Wildman–Crippen MR) is 161 cm³/mol. The third-order valence-electron chi connectivity index (χ3n) is 6.24. The normalized spacial score (nSPS) is 11.6. The number of aryl methyl sites for hydroxylation is 1. The van der Waals surface area contributed by atoms with E-state index >= 15 is 0 Å². The number of carbonyl (C=O) groups is 6. The van der Waals surface area contributed by atoms with Crippen LogP contribution in [-0.2, 0) is 28.7 Å². The van der Waals surface area contributed by atoms with Crippen LogP contribution in [0.1, 0.15) is 40.1 Å². The molecular weight excluding hydrogens is 640 g/mol. The molecule has 3 rings (SSSR count). The van der Waals surface area contributed by atoms with Crippen LogP contribution in [0.3, 0.4) is 0 Å². The highest BCUT2D eigenvalue weighted by Crippen LogP contribution is 2.31. The van der Waals surface area contributed by atoms with Gasteiger partial charge in [-0.05, 0) is 48.9 Å². The number of methoxy groups -OCH3 is 2. The number of benzene rings is 3. The van der Waals surface area contributed by atoms with E-state index in [1.54, 1.807) is 0 Å². The minimum atomic E-state index is -2.48. The number of nitro benzene ring substituents is 1. The van der Waals surface area contributed by atoms with Crippen molar-refractivity contribution in [3.05, 3.63) is 81.4 Å². The first-order valence-electron chi connectivity index (χ1n) is 13.6. The van der Waals surface area contributed by atoms with Crippen LogP contribution >= 0.6 is 0 Å². The summed E-state index contributed by atoms with van der Waals surface area (Å²) in [7, 11) is 2.42. The predicted octanol–water partition coefficient (Wildman–Crippen LogP) is 3.25. The van der Waals surface area contributed by atoms with Crippen LogP contribution in [0.25, 0.3) is 0 Å². The van der Waals surface area contributed by atoms with Crippen LogP contribution in [0.5, 0.6) is 23.0 Å². The molecule has 252 valence electrons. The number of anilines is 1. The van der Waals surface area contributed by atoms with Crippen molar-refractivity contribution in [1.29, 1.82) is 0 Å². The van der Waals surface area contributed by atoms with Gasteiger partial charge in [0.1, 0.15) is 0 Å². The Hall–Kier alpha value is -6.52. The van der Waals surface area contributed by atoms with Gasteiger partial charge in [0.2, 0.25) is 12.2 Å². The summed E-state index contributed by atoms with van der Waals surface area (Å²) >= 11 is 0. The molecule has 17 heteroatoms. The number of ether oxygens (including phenoxy) is 6. The maximum Gasteiger partial charge on any atom is 0.349 e. The molecule has 0 heterocycles. The van der Waals surface area contributed by atoms with Crippen molar-refractivity contribution in [1.82, 2.24) is 0 Å². The van der Waals surface area contributed by atoms with E-state index in [1.165, 1.54) is 39.3 Å². The quantitative estimate of drug-likeness (QED) is 0.115. The van der Waals surface area contributed by atoms with E-state index in [9.17, 15) is 44.0 Å². The number of hydrogen-bond acceptors (Lipinski definition) is 14. The Balaban J connectivity index is 2.03. The van der Waals surface area contributed by atoms with Crippen LogP contribution in [0.4, 0.5) is 11.4 Å². The minimum absolute atomic E-state index is 0.0648. The molecule has 0 fully saturated rings. The van der Waals surface area contributed by atoms with Crippen molar-refractivity contribution in [3.8, 4) is 23.0 Å². The summed E-state index contributed by atoms with van der Waals surface area (Å²) in [6.07, 6.45) is -4.87. The lowest BCUT2D eigenvalue weighted by Crippen LogP contribution is -2.48. The average Bonchev–Trinajstić information content (AvgIpc) is 3.02. The van der Waals surface area contributed by atoms with Gasteiger partial charge in [0, 0.05) is 26.0 Å². The van der Waals surface area contributed by atoms with Crippen LogP contribution in [0.15, 0.2) is 54.6 Å². The number of esters is 4. The number of aliphatic carboxylic acids is 1. The van der Waals surface area contributed by atoms with E-state index in [0.29, 0.717) is 5.56 Å². The van der Waals surface area contributed by atoms with Crippen molar-refractivity contribution in [2.45, 2.75) is 33.0 Å². The minimum Gasteiger partial charge on any atom is -0.493 e. The second-order valence-electron chi connectivity index (χ2n) is 9.65. The van der Waals surface area contributed by atoms with Gasteiger partial charge in [-0.25, -0.2) is 14.4 Å². The Morgan fingerprint density at radius 3 is 1.62 bits per heavy atom. The Morgan fingerprint density at radius 1 is 0.729 bits per heavy atom. The maximum atomic E-state index is 13.6. The van der Waals surface area contributed by atoms with E-state index in [1.807, 2.05) is 0 Å². The van der Waals surface area contributed by atoms with Crippen molar-refractivity contribution in [2.75, 3.05) is 19.5 Å². The lowest BCUT2D eigenvalue weighted by Gasteiger charge is -2.24. The SMILES string of the molecule is COc1cc(C(=O)O[C@@H](C(=O)O)[C@@H](OC(=O)c2ccc(OC(C)=O)c(OC)c2)C(=O)Nc2cc([N+](=O)[O-])ccc2C)ccc1OC(C)=O. The Kier molecular flexibility index (Phi) is 11.7. The highest BCUT2D eigenvalue weighted by atomic mass is 16.6. The van der Waals surface area contributed by atoms with Gasteiger partial charge in [-0.1, -0.05) is 6.07 Å². The largest absolute Gasteiger partial charge is 0.493 e. The number of rotatable bonds is 13. The molecule has 0 spiro atoms. The Morgan fingerprint density at radius 2 is 1.21 bits per heavy atom. The summed E-state index contributed by atoms with van der Waals surface area (Å²) in [6.45, 7) is 3.75. The maximum absolute atomic E-state index is 13.6. The fourth-order valence-electron chi connectivity index (χ4n) is 3.99. The van der Waals surface area contributed by atoms with Crippen LogP contribution in [0, 0.1) is 17.0 Å². The fraction of sp³-hybridized carbons (Fsp3) is 0.226. The molecule has 2 atom stereocenters. The summed E-state index contributed by atoms with van der Waals surface area (Å²) in [5.41, 5.74) is -0.845. The Bertz CT molecular complexity index is 1790. The molecular formula is C31H28N2O15. The molecule has 48 heavy (non-hydrogen) atoms. The van der Waals surface area contributed by atoms with Crippen LogP contribution in [-0.4, -0.2) is 72.2 Å². The topological polar surface area (TPSA) is 233 Å². The van der Waals surface area contributed by atoms with Crippen molar-refractivity contribution >= 4 is 47.1 Å². The number of nitrogens with one attached hydrogen (secondary N) is 1. The summed E-state index contributed by atoms with van der Waals surface area (Å²) in [4.78, 5) is 85.8. The molecule has 0 bridgehead atoms. The van der Waals surface area contributed by atoms with E-state index in [-0.39, 0.29) is 39.8 Å². The second kappa shape index (κ2) is 15.7. The zero-order chi connectivity index (χ0) is 35.7. The van der Waals surface area contributed by atoms with Gasteiger partial charge in [0.25, 0.3) is 11.6 Å². The van der Waals surface area contributed by atoms with Crippen LogP contribution < -0.4 is 24.3 Å². The van der Waals surface area contributed by atoms with Gasteiger partial charge in [-0.15, -0.1) is 0 Å². The zero-order valence-electron chi connectivity index (χ0n) is 26.0. The smallest absolute Gasteiger partial charge is 0.349 e. The monoisotopic (exact) mass is 668 g/mol. The van der Waals surface area contributed by atoms with Gasteiger partial charge in [0.15, 0.2) is 23.0 Å². The van der Waals surface area contributed by atoms with Gasteiger partial charge in [0.05, 0.1) is 36.0 Å². The van der Waals surface area contributed by atoms with Gasteiger partial charge in [-0.2, -0.15) is 0 Å². The van der Waals surface area contributed by atoms with Gasteiger partial charge < -0.3 is 38.8 Å². The zero-order valence-corrected chi connectivity index (χ0v) is 26.0. The molecule has 0 aliphatic carbocycles. The summed E-state index contributed by atoms with van der Waals surface area (Å²) in [5, 5.41) is 23.7. The standard InChI is InChI=1S/C31H28N2O15/c1-15-6-9-20(33(41)42)14-21(15)32-28(36)26(47-30(39)18-7-10-22(45-16(2)34)24(12-18)43-4)27(29(37)38)48-31(40)19-8-11-23(46-17(3)35)25(13-19)44-5/h6-14,26-27H,1-5H3,(H,32,36)(H,37,38)/t26-,27-/m1/s1. The highest BCUT2D eigenvalue weighted by molar-refractivity contribution is 6.02. The lowest BCUT2D eigenvalue weighted by molar-refractivity contribution is -0.384. The number of nitro groups is 1. The molecule has 0 aliphatic heterocycles. The first-order valence-corrected chi connectivity index (χ1v) is 13.6. The van der Waals surface area contributed by atoms with Crippen molar-refractivity contribution < 1.29 is 67.2 Å². The number of carboxylic acids is 1. The Labute approximate surface area is 271 Å². The molecule has 3 aromatic carbocycles. The summed E-state index contributed by atoms with van der Waals surface area (Å²) in [5.74, 6) is -7.58. The molecule has 0 saturated heterocycles. The number of carboxylic acid groups (broad SMARTS) is 1. The van der Waals surface area contributed by atoms with E-state index in [4.69, 9.17) is 28.4 Å². The molecule has 0 saturated carbocycles. The first kappa shape index (κ1) is 36.0. The number of hydrogen-bond donors (Lipinski definition) is 2. The number of amides is 1. The third kappa shape index (κ3) is 9.03. The van der Waals surface area contributed by atoms with Gasteiger partial charge >= 0.3 is 29.8 Å². The molecule has 2 N–H and O–H groups in total. The van der Waals surface area contributed by atoms with Crippen molar-refractivity contribution in [3.63, 3.8) is 0 Å². The summed E-state index contributed by atoms with van der Waals surface area (Å²) in [6, 6.07) is 10.2. The fourth-order valence-corrected chi connectivity index (χ4v) is 3.99. The molecule has 0 aromatic heterocycles. The number of non-ortho nitro benzene ring substituents is 1. The molecule has 1 amide bonds. The molecule has 0 unspecified atom stereocenters. The van der Waals surface area contributed by atoms with E-state index in [2.05, 4.69) is 5.32 Å². The lowest BCUT2D eigenvalue weighted by atomic mass is 10.1. The molecule has 3 aromatic rings. The third-order valence-corrected chi connectivity index (χ3v) is 6.24. The second-order valence-corrected chi connectivity index (χ2v) is 9.65. The average molecular weight is 669 g/mol. The highest BCUT2D eigenvalue weighted by Gasteiger charge is 2.41. The van der Waals surface area contributed by atoms with Gasteiger partial charge in [-0.3, -0.25) is 24.5 Å². The molecule has 17 nitrogen and oxygen atoms in total. The number of carbonyl (C=O) groups excluding carboxylic acids is 5. The van der Waals surface area contributed by atoms with Crippen molar-refractivity contribution in [2.24, 2.45) is 0 Å². The number of nitrogens with zero attached hydrogens (tertiary/aromatic N) is 1. The molecule has 0 aliphatic rings. The van der Waals surface area contributed by atoms with E-state index in [0.717, 1.165) is 50.2 Å². The first-order chi connectivity index (χ1) is 22.6. The van der Waals surface area contributed by atoms with E-state index < -0.39 is 58.6 Å². The van der Waals surface area contributed by atoms with Crippen LogP contribution in [0.2, 0.25) is 0 Å². The summed E-state index contributed by atoms with van der Waals surface area (Å²) < 4.78 is 30.6. The molecule has 0 radical (unpaired) electrons.